The first-order valence-electron chi connectivity index (χ1n) is 14.0. The van der Waals surface area contributed by atoms with Gasteiger partial charge in [-0.3, -0.25) is 0 Å². The molecular weight excluding hydrogens is 513 g/mol. The Bertz CT molecular complexity index is 1600. The van der Waals surface area contributed by atoms with E-state index in [4.69, 9.17) is 14.0 Å². The monoisotopic (exact) mass is 547 g/mol. The van der Waals surface area contributed by atoms with Crippen LogP contribution in [0.4, 0.5) is 4.79 Å². The van der Waals surface area contributed by atoms with Crippen LogP contribution in [0.25, 0.3) is 28.0 Å². The average Bonchev–Trinajstić information content (AvgIpc) is 3.38. The number of nitrogens with one attached hydrogen (secondary N) is 1. The molecule has 1 heterocycles. The van der Waals surface area contributed by atoms with E-state index in [2.05, 4.69) is 29.6 Å². The van der Waals surface area contributed by atoms with Gasteiger partial charge in [0.05, 0.1) is 11.2 Å². The Kier molecular flexibility index (Phi) is 6.88. The summed E-state index contributed by atoms with van der Waals surface area (Å²) in [6, 6.07) is 27.8. The quantitative estimate of drug-likeness (QED) is 0.252. The molecule has 1 aliphatic carbocycles. The molecule has 6 rings (SSSR count). The molecule has 4 aromatic rings. The molecule has 208 valence electrons. The van der Waals surface area contributed by atoms with Crippen LogP contribution >= 0.6 is 0 Å². The predicted molar refractivity (Wildman–Crippen MR) is 163 cm³/mol. The molecule has 1 saturated heterocycles. The first kappa shape index (κ1) is 27.1. The molecule has 0 atom stereocenters. The molecule has 1 amide bonds. The maximum atomic E-state index is 13.0. The Morgan fingerprint density at radius 3 is 2.12 bits per heavy atom. The van der Waals surface area contributed by atoms with Crippen molar-refractivity contribution < 1.29 is 23.9 Å². The predicted octanol–water partition coefficient (Wildman–Crippen LogP) is 7.10. The minimum absolute atomic E-state index is 0.0108. The molecular formula is C34H34BNO5. The first-order valence-corrected chi connectivity index (χ1v) is 14.0. The highest BCUT2D eigenvalue weighted by Crippen LogP contribution is 2.44. The number of fused-ring (bicyclic) bond motifs is 4. The fourth-order valence-electron chi connectivity index (χ4n) is 5.58. The normalized spacial score (nSPS) is 17.4. The summed E-state index contributed by atoms with van der Waals surface area (Å²) in [4.78, 5) is 13.0. The number of aromatic hydroxyl groups is 1. The van der Waals surface area contributed by atoms with E-state index in [1.54, 1.807) is 12.1 Å². The van der Waals surface area contributed by atoms with Crippen molar-refractivity contribution in [2.75, 3.05) is 13.2 Å². The summed E-state index contributed by atoms with van der Waals surface area (Å²) in [7, 11) is -0.635. The minimum Gasteiger partial charge on any atom is -0.508 e. The van der Waals surface area contributed by atoms with Gasteiger partial charge in [0.25, 0.3) is 0 Å². The maximum absolute atomic E-state index is 13.0. The Morgan fingerprint density at radius 2 is 1.46 bits per heavy atom. The van der Waals surface area contributed by atoms with Crippen molar-refractivity contribution in [3.63, 3.8) is 0 Å². The molecule has 2 N–H and O–H groups in total. The van der Waals surface area contributed by atoms with Gasteiger partial charge in [-0.05, 0) is 90.0 Å². The number of hydrogen-bond acceptors (Lipinski definition) is 5. The second kappa shape index (κ2) is 10.4. The highest BCUT2D eigenvalue weighted by Gasteiger charge is 2.52. The molecule has 1 aliphatic heterocycles. The van der Waals surface area contributed by atoms with E-state index < -0.39 is 24.4 Å². The van der Waals surface area contributed by atoms with Gasteiger partial charge >= 0.3 is 13.2 Å². The van der Waals surface area contributed by atoms with Crippen molar-refractivity contribution in [3.05, 3.63) is 107 Å². The Labute approximate surface area is 241 Å². The molecule has 0 spiro atoms. The number of carbonyl (C=O) groups excluding carboxylic acids is 1. The summed E-state index contributed by atoms with van der Waals surface area (Å²) in [5, 5.41) is 14.7. The molecule has 2 aliphatic rings. The zero-order valence-electron chi connectivity index (χ0n) is 23.8. The number of benzene rings is 4. The van der Waals surface area contributed by atoms with Crippen LogP contribution in [-0.4, -0.2) is 42.7 Å². The second-order valence-corrected chi connectivity index (χ2v) is 11.8. The lowest BCUT2D eigenvalue weighted by atomic mass is 9.77. The van der Waals surface area contributed by atoms with Crippen LogP contribution in [0.15, 0.2) is 90.4 Å². The molecule has 0 radical (unpaired) electrons. The van der Waals surface area contributed by atoms with E-state index in [9.17, 15) is 9.90 Å². The summed E-state index contributed by atoms with van der Waals surface area (Å²) in [5.74, 6) is 0.217. The molecule has 7 heteroatoms. The van der Waals surface area contributed by atoms with Gasteiger partial charge in [-0.25, -0.2) is 4.79 Å². The van der Waals surface area contributed by atoms with Gasteiger partial charge in [-0.15, -0.1) is 0 Å². The van der Waals surface area contributed by atoms with Gasteiger partial charge in [-0.2, -0.15) is 0 Å². The lowest BCUT2D eigenvalue weighted by Crippen LogP contribution is -2.41. The number of rotatable bonds is 6. The van der Waals surface area contributed by atoms with Crippen molar-refractivity contribution in [2.45, 2.75) is 44.8 Å². The topological polar surface area (TPSA) is 77.0 Å². The van der Waals surface area contributed by atoms with E-state index in [0.29, 0.717) is 0 Å². The maximum Gasteiger partial charge on any atom is 0.492 e. The molecule has 41 heavy (non-hydrogen) atoms. The van der Waals surface area contributed by atoms with Gasteiger partial charge in [0.15, 0.2) is 0 Å². The van der Waals surface area contributed by atoms with Crippen LogP contribution in [0, 0.1) is 0 Å². The lowest BCUT2D eigenvalue weighted by molar-refractivity contribution is 0.00578. The van der Waals surface area contributed by atoms with E-state index in [0.717, 1.165) is 21.8 Å². The molecule has 1 fully saturated rings. The van der Waals surface area contributed by atoms with Crippen LogP contribution in [0.5, 0.6) is 5.75 Å². The Hall–Kier alpha value is -4.07. The third-order valence-electron chi connectivity index (χ3n) is 8.54. The van der Waals surface area contributed by atoms with Crippen molar-refractivity contribution in [3.8, 4) is 16.9 Å². The van der Waals surface area contributed by atoms with Crippen LogP contribution < -0.4 is 5.32 Å². The zero-order chi connectivity index (χ0) is 28.8. The summed E-state index contributed by atoms with van der Waals surface area (Å²) >= 11 is 0. The highest BCUT2D eigenvalue weighted by molar-refractivity contribution is 6.56. The summed E-state index contributed by atoms with van der Waals surface area (Å²) < 4.78 is 18.4. The van der Waals surface area contributed by atoms with Crippen LogP contribution in [0.2, 0.25) is 0 Å². The number of hydrogen-bond donors (Lipinski definition) is 2. The largest absolute Gasteiger partial charge is 0.508 e. The van der Waals surface area contributed by atoms with Gasteiger partial charge < -0.3 is 24.5 Å². The van der Waals surface area contributed by atoms with E-state index in [1.807, 2.05) is 82.3 Å². The van der Waals surface area contributed by atoms with Crippen LogP contribution in [-0.2, 0) is 14.0 Å². The number of ether oxygens (including phenoxy) is 1. The smallest absolute Gasteiger partial charge is 0.492 e. The Morgan fingerprint density at radius 1 is 0.878 bits per heavy atom. The fourth-order valence-corrected chi connectivity index (χ4v) is 5.58. The van der Waals surface area contributed by atoms with Crippen molar-refractivity contribution in [1.82, 2.24) is 5.32 Å². The molecule has 0 bridgehead atoms. The zero-order valence-corrected chi connectivity index (χ0v) is 23.8. The number of alkyl carbamates (subject to hydrolysis) is 1. The SMILES string of the molecule is CC1(C)OB(C(=Cc2ccc3cc(O)ccc3c2)CNC(=O)OCC2c3ccccc3-c3ccccc32)OC1(C)C. The summed E-state index contributed by atoms with van der Waals surface area (Å²) in [6.45, 7) is 8.46. The van der Waals surface area contributed by atoms with E-state index >= 15 is 0 Å². The first-order chi connectivity index (χ1) is 19.6. The van der Waals surface area contributed by atoms with Crippen LogP contribution in [0.3, 0.4) is 0 Å². The molecule has 0 aromatic heterocycles. The van der Waals surface area contributed by atoms with Gasteiger partial charge in [-0.1, -0.05) is 72.8 Å². The average molecular weight is 547 g/mol. The van der Waals surface area contributed by atoms with Gasteiger partial charge in [0.1, 0.15) is 12.4 Å². The number of carbonyl (C=O) groups is 1. The number of amides is 1. The number of phenols is 1. The van der Waals surface area contributed by atoms with Gasteiger partial charge in [0.2, 0.25) is 0 Å². The summed E-state index contributed by atoms with van der Waals surface area (Å²) in [6.07, 6.45) is 1.49. The van der Waals surface area contributed by atoms with Crippen molar-refractivity contribution in [2.24, 2.45) is 0 Å². The van der Waals surface area contributed by atoms with Crippen molar-refractivity contribution >= 4 is 30.1 Å². The molecule has 0 unspecified atom stereocenters. The molecule has 0 saturated carbocycles. The lowest BCUT2D eigenvalue weighted by Gasteiger charge is -2.32. The minimum atomic E-state index is -0.635. The van der Waals surface area contributed by atoms with E-state index in [-0.39, 0.29) is 24.8 Å². The van der Waals surface area contributed by atoms with E-state index in [1.165, 1.54) is 22.3 Å². The number of phenolic OH excluding ortho intramolecular Hbond substituents is 1. The van der Waals surface area contributed by atoms with Crippen molar-refractivity contribution in [1.29, 1.82) is 0 Å². The second-order valence-electron chi connectivity index (χ2n) is 11.8. The fraction of sp³-hybridized carbons (Fsp3) is 0.265. The summed E-state index contributed by atoms with van der Waals surface area (Å²) in [5.41, 5.74) is 5.37. The molecule has 6 nitrogen and oxygen atoms in total. The van der Waals surface area contributed by atoms with Crippen LogP contribution in [0.1, 0.15) is 50.3 Å². The third kappa shape index (κ3) is 5.23. The third-order valence-corrected chi connectivity index (χ3v) is 8.54. The molecule has 4 aromatic carbocycles. The highest BCUT2D eigenvalue weighted by atomic mass is 16.7. The Balaban J connectivity index is 1.20. The van der Waals surface area contributed by atoms with Gasteiger partial charge in [0, 0.05) is 12.5 Å². The standard InChI is InChI=1S/C34H34BNO5/c1-33(2)34(3,4)41-35(40-33)25(18-22-13-14-24-19-26(37)16-15-23(24)17-22)20-36-32(38)39-21-31-29-11-7-5-9-27(29)28-10-6-8-12-30(28)31/h5-19,31,37H,20-21H2,1-4H3,(H,36,38).